The topological polar surface area (TPSA) is 35.2 Å². The molecule has 2 N–H and O–H groups in total. The Labute approximate surface area is 106 Å². The van der Waals surface area contributed by atoms with Crippen molar-refractivity contribution in [1.82, 2.24) is 0 Å². The van der Waals surface area contributed by atoms with Gasteiger partial charge in [-0.15, -0.1) is 0 Å². The molecule has 2 nitrogen and oxygen atoms in total. The van der Waals surface area contributed by atoms with Crippen LogP contribution in [0.3, 0.4) is 0 Å². The Kier molecular flexibility index (Phi) is 3.82. The van der Waals surface area contributed by atoms with Crippen molar-refractivity contribution < 1.29 is 9.13 Å². The molecule has 0 atom stereocenters. The van der Waals surface area contributed by atoms with E-state index in [0.717, 1.165) is 17.7 Å². The van der Waals surface area contributed by atoms with E-state index in [2.05, 4.69) is 0 Å². The first-order chi connectivity index (χ1) is 8.66. The minimum absolute atomic E-state index is 0.283. The van der Waals surface area contributed by atoms with Crippen LogP contribution in [0.5, 0.6) is 5.75 Å². The number of benzene rings is 2. The van der Waals surface area contributed by atoms with Crippen molar-refractivity contribution in [3.05, 3.63) is 59.4 Å². The van der Waals surface area contributed by atoms with E-state index in [1.165, 1.54) is 0 Å². The quantitative estimate of drug-likeness (QED) is 0.838. The number of halogens is 1. The molecule has 0 aliphatic heterocycles. The van der Waals surface area contributed by atoms with Crippen molar-refractivity contribution in [3.8, 4) is 5.75 Å². The summed E-state index contributed by atoms with van der Waals surface area (Å²) in [5.41, 5.74) is 8.06. The van der Waals surface area contributed by atoms with Crippen molar-refractivity contribution in [2.45, 2.75) is 13.3 Å². The molecular formula is C15H16FNO. The van der Waals surface area contributed by atoms with Gasteiger partial charge in [-0.2, -0.15) is 0 Å². The van der Waals surface area contributed by atoms with Crippen molar-refractivity contribution >= 4 is 5.69 Å². The van der Waals surface area contributed by atoms with E-state index in [1.54, 1.807) is 25.1 Å². The van der Waals surface area contributed by atoms with Crippen LogP contribution in [0.1, 0.15) is 11.1 Å². The number of anilines is 1. The molecule has 2 aromatic rings. The van der Waals surface area contributed by atoms with Gasteiger partial charge in [-0.25, -0.2) is 4.39 Å². The molecule has 18 heavy (non-hydrogen) atoms. The van der Waals surface area contributed by atoms with Gasteiger partial charge in [-0.05, 0) is 36.2 Å². The normalized spacial score (nSPS) is 10.3. The van der Waals surface area contributed by atoms with E-state index < -0.39 is 0 Å². The molecule has 0 saturated heterocycles. The van der Waals surface area contributed by atoms with E-state index in [4.69, 9.17) is 10.5 Å². The van der Waals surface area contributed by atoms with Crippen molar-refractivity contribution in [3.63, 3.8) is 0 Å². The third-order valence-corrected chi connectivity index (χ3v) is 2.78. The highest BCUT2D eigenvalue weighted by Crippen LogP contribution is 2.19. The smallest absolute Gasteiger partial charge is 0.167 e. The second kappa shape index (κ2) is 5.54. The summed E-state index contributed by atoms with van der Waals surface area (Å²) < 4.78 is 19.1. The standard InChI is InChI=1S/C15H16FNO/c1-11-3-2-4-14(15(11)16)18-10-9-12-5-7-13(17)8-6-12/h2-8H,9-10,17H2,1H3. The molecule has 2 aromatic carbocycles. The van der Waals surface area contributed by atoms with Crippen LogP contribution in [0.25, 0.3) is 0 Å². The van der Waals surface area contributed by atoms with Crippen molar-refractivity contribution in [1.29, 1.82) is 0 Å². The largest absolute Gasteiger partial charge is 0.490 e. The van der Waals surface area contributed by atoms with Crippen LogP contribution in [-0.4, -0.2) is 6.61 Å². The number of ether oxygens (including phenoxy) is 1. The van der Waals surface area contributed by atoms with Gasteiger partial charge in [0.25, 0.3) is 0 Å². The number of nitrogens with two attached hydrogens (primary N) is 1. The minimum Gasteiger partial charge on any atom is -0.490 e. The highest BCUT2D eigenvalue weighted by atomic mass is 19.1. The van der Waals surface area contributed by atoms with Gasteiger partial charge in [0.05, 0.1) is 6.61 Å². The Morgan fingerprint density at radius 2 is 1.83 bits per heavy atom. The van der Waals surface area contributed by atoms with Crippen LogP contribution in [0, 0.1) is 12.7 Å². The van der Waals surface area contributed by atoms with Gasteiger partial charge in [0.1, 0.15) is 0 Å². The average molecular weight is 245 g/mol. The second-order valence-corrected chi connectivity index (χ2v) is 4.23. The molecule has 3 heteroatoms. The molecule has 0 aromatic heterocycles. The number of nitrogen functional groups attached to an aromatic ring is 1. The van der Waals surface area contributed by atoms with E-state index in [-0.39, 0.29) is 5.82 Å². The summed E-state index contributed by atoms with van der Waals surface area (Å²) in [6.45, 7) is 2.17. The molecular weight excluding hydrogens is 229 g/mol. The van der Waals surface area contributed by atoms with Gasteiger partial charge < -0.3 is 10.5 Å². The molecule has 0 aliphatic carbocycles. The zero-order valence-electron chi connectivity index (χ0n) is 10.3. The SMILES string of the molecule is Cc1cccc(OCCc2ccc(N)cc2)c1F. The Balaban J connectivity index is 1.92. The molecule has 94 valence electrons. The summed E-state index contributed by atoms with van der Waals surface area (Å²) in [7, 11) is 0. The third-order valence-electron chi connectivity index (χ3n) is 2.78. The summed E-state index contributed by atoms with van der Waals surface area (Å²) in [4.78, 5) is 0. The molecule has 0 bridgehead atoms. The summed E-state index contributed by atoms with van der Waals surface area (Å²) in [6, 6.07) is 12.8. The highest BCUT2D eigenvalue weighted by Gasteiger charge is 2.05. The Morgan fingerprint density at radius 3 is 2.56 bits per heavy atom. The van der Waals surface area contributed by atoms with Gasteiger partial charge >= 0.3 is 0 Å². The lowest BCUT2D eigenvalue weighted by Crippen LogP contribution is -2.03. The van der Waals surface area contributed by atoms with E-state index >= 15 is 0 Å². The molecule has 0 spiro atoms. The first-order valence-corrected chi connectivity index (χ1v) is 5.89. The highest BCUT2D eigenvalue weighted by molar-refractivity contribution is 5.39. The maximum atomic E-state index is 13.6. The molecule has 0 unspecified atom stereocenters. The van der Waals surface area contributed by atoms with E-state index in [1.807, 2.05) is 24.3 Å². The molecule has 0 heterocycles. The lowest BCUT2D eigenvalue weighted by Gasteiger charge is -2.08. The zero-order chi connectivity index (χ0) is 13.0. The van der Waals surface area contributed by atoms with Crippen LogP contribution >= 0.6 is 0 Å². The molecule has 0 saturated carbocycles. The summed E-state index contributed by atoms with van der Waals surface area (Å²) in [6.07, 6.45) is 0.730. The number of aryl methyl sites for hydroxylation is 1. The number of rotatable bonds is 4. The second-order valence-electron chi connectivity index (χ2n) is 4.23. The summed E-state index contributed by atoms with van der Waals surface area (Å²) in [5, 5.41) is 0. The van der Waals surface area contributed by atoms with Crippen LogP contribution < -0.4 is 10.5 Å². The van der Waals surface area contributed by atoms with Gasteiger partial charge in [-0.3, -0.25) is 0 Å². The van der Waals surface area contributed by atoms with Gasteiger partial charge in [0.2, 0.25) is 0 Å². The van der Waals surface area contributed by atoms with E-state index in [9.17, 15) is 4.39 Å². The lowest BCUT2D eigenvalue weighted by atomic mass is 10.1. The Bertz CT molecular complexity index is 523. The Morgan fingerprint density at radius 1 is 1.11 bits per heavy atom. The number of hydrogen-bond donors (Lipinski definition) is 1. The molecule has 0 radical (unpaired) electrons. The zero-order valence-corrected chi connectivity index (χ0v) is 10.3. The average Bonchev–Trinajstić information content (AvgIpc) is 2.37. The van der Waals surface area contributed by atoms with E-state index in [0.29, 0.717) is 17.9 Å². The van der Waals surface area contributed by atoms with Gasteiger partial charge in [0.15, 0.2) is 11.6 Å². The van der Waals surface area contributed by atoms with Crippen LogP contribution in [0.15, 0.2) is 42.5 Å². The van der Waals surface area contributed by atoms with Crippen LogP contribution in [0.2, 0.25) is 0 Å². The summed E-state index contributed by atoms with van der Waals surface area (Å²) >= 11 is 0. The predicted octanol–water partition coefficient (Wildman–Crippen LogP) is 3.34. The van der Waals surface area contributed by atoms with Crippen molar-refractivity contribution in [2.24, 2.45) is 0 Å². The molecule has 0 fully saturated rings. The Hall–Kier alpha value is -2.03. The first-order valence-electron chi connectivity index (χ1n) is 5.89. The lowest BCUT2D eigenvalue weighted by molar-refractivity contribution is 0.304. The molecule has 2 rings (SSSR count). The minimum atomic E-state index is -0.283. The maximum Gasteiger partial charge on any atom is 0.167 e. The number of hydrogen-bond acceptors (Lipinski definition) is 2. The van der Waals surface area contributed by atoms with Crippen molar-refractivity contribution in [2.75, 3.05) is 12.3 Å². The predicted molar refractivity (Wildman–Crippen MR) is 71.2 cm³/mol. The monoisotopic (exact) mass is 245 g/mol. The third kappa shape index (κ3) is 3.00. The first kappa shape index (κ1) is 12.4. The fourth-order valence-electron chi connectivity index (χ4n) is 1.70. The van der Waals surface area contributed by atoms with Crippen LogP contribution in [-0.2, 0) is 6.42 Å². The fraction of sp³-hybridized carbons (Fsp3) is 0.200. The van der Waals surface area contributed by atoms with Gasteiger partial charge in [0, 0.05) is 12.1 Å². The van der Waals surface area contributed by atoms with Gasteiger partial charge in [-0.1, -0.05) is 24.3 Å². The maximum absolute atomic E-state index is 13.6. The fourth-order valence-corrected chi connectivity index (χ4v) is 1.70. The van der Waals surface area contributed by atoms with Crippen LogP contribution in [0.4, 0.5) is 10.1 Å². The summed E-state index contributed by atoms with van der Waals surface area (Å²) in [5.74, 6) is 0.0280. The molecule has 0 aliphatic rings. The molecule has 0 amide bonds.